The molecule has 0 spiro atoms. The average molecular weight is 418 g/mol. The van der Waals surface area contributed by atoms with Gasteiger partial charge >= 0.3 is 17.6 Å². The van der Waals surface area contributed by atoms with Crippen molar-refractivity contribution in [2.45, 2.75) is 6.92 Å². The van der Waals surface area contributed by atoms with Crippen LogP contribution in [0.1, 0.15) is 26.4 Å². The number of nitrogens with zero attached hydrogens (tertiary/aromatic N) is 2. The zero-order valence-electron chi connectivity index (χ0n) is 17.0. The van der Waals surface area contributed by atoms with Crippen LogP contribution in [-0.4, -0.2) is 35.9 Å². The molecule has 2 aromatic heterocycles. The average Bonchev–Trinajstić information content (AvgIpc) is 3.18. The van der Waals surface area contributed by atoms with Crippen LogP contribution in [0.5, 0.6) is 0 Å². The second-order valence-corrected chi connectivity index (χ2v) is 6.79. The van der Waals surface area contributed by atoms with Crippen LogP contribution in [0.15, 0.2) is 63.8 Å². The van der Waals surface area contributed by atoms with Gasteiger partial charge in [-0.3, -0.25) is 0 Å². The van der Waals surface area contributed by atoms with E-state index in [-0.39, 0.29) is 22.5 Å². The zero-order valence-corrected chi connectivity index (χ0v) is 17.0. The van der Waals surface area contributed by atoms with Crippen LogP contribution >= 0.6 is 0 Å². The van der Waals surface area contributed by atoms with E-state index < -0.39 is 17.6 Å². The van der Waals surface area contributed by atoms with Crippen LogP contribution in [-0.2, 0) is 9.47 Å². The van der Waals surface area contributed by atoms with Crippen molar-refractivity contribution in [3.8, 4) is 16.9 Å². The monoisotopic (exact) mass is 418 g/mol. The Kier molecular flexibility index (Phi) is 5.12. The summed E-state index contributed by atoms with van der Waals surface area (Å²) in [7, 11) is 2.38. The number of ether oxygens (including phenoxy) is 2. The molecular weight excluding hydrogens is 400 g/mol. The van der Waals surface area contributed by atoms with Gasteiger partial charge in [-0.15, -0.1) is 0 Å². The van der Waals surface area contributed by atoms with Gasteiger partial charge in [0.1, 0.15) is 16.8 Å². The van der Waals surface area contributed by atoms with Crippen LogP contribution in [0, 0.1) is 6.92 Å². The van der Waals surface area contributed by atoms with E-state index in [2.05, 4.69) is 5.10 Å². The summed E-state index contributed by atoms with van der Waals surface area (Å²) < 4.78 is 16.5. The summed E-state index contributed by atoms with van der Waals surface area (Å²) in [6.07, 6.45) is 0. The maximum Gasteiger partial charge on any atom is 0.357 e. The van der Waals surface area contributed by atoms with Gasteiger partial charge in [0.25, 0.3) is 0 Å². The minimum atomic E-state index is -0.832. The zero-order chi connectivity index (χ0) is 22.1. The standard InChI is InChI=1S/C23H18N2O6/c1-13-7-6-9-15(11-13)25-20(23(28)30-3)18(22(27)29-2)19(24-25)16-12-14-8-4-5-10-17(14)31-21(16)26/h4-12H,1-3H3. The molecule has 0 aliphatic carbocycles. The van der Waals surface area contributed by atoms with Gasteiger partial charge in [0.2, 0.25) is 0 Å². The minimum Gasteiger partial charge on any atom is -0.465 e. The number of para-hydroxylation sites is 1. The Hall–Kier alpha value is -4.20. The highest BCUT2D eigenvalue weighted by Gasteiger charge is 2.32. The molecule has 2 aromatic carbocycles. The molecule has 0 fully saturated rings. The Labute approximate surface area is 176 Å². The van der Waals surface area contributed by atoms with Gasteiger partial charge in [-0.2, -0.15) is 5.10 Å². The Morgan fingerprint density at radius 1 is 0.968 bits per heavy atom. The quantitative estimate of drug-likeness (QED) is 0.369. The molecule has 0 aliphatic heterocycles. The van der Waals surface area contributed by atoms with Gasteiger partial charge in [-0.1, -0.05) is 30.3 Å². The maximum absolute atomic E-state index is 12.8. The molecule has 0 atom stereocenters. The van der Waals surface area contributed by atoms with Crippen LogP contribution < -0.4 is 5.63 Å². The van der Waals surface area contributed by atoms with E-state index >= 15 is 0 Å². The molecule has 2 heterocycles. The summed E-state index contributed by atoms with van der Waals surface area (Å²) in [5.74, 6) is -1.63. The molecule has 0 saturated carbocycles. The third kappa shape index (κ3) is 3.48. The maximum atomic E-state index is 12.8. The number of hydrogen-bond acceptors (Lipinski definition) is 7. The van der Waals surface area contributed by atoms with E-state index in [0.29, 0.717) is 16.7 Å². The van der Waals surface area contributed by atoms with Crippen LogP contribution in [0.25, 0.3) is 27.9 Å². The number of esters is 2. The number of carbonyl (C=O) groups is 2. The summed E-state index contributed by atoms with van der Waals surface area (Å²) >= 11 is 0. The first-order valence-electron chi connectivity index (χ1n) is 9.34. The van der Waals surface area contributed by atoms with Crippen molar-refractivity contribution in [3.63, 3.8) is 0 Å². The van der Waals surface area contributed by atoms with Gasteiger partial charge in [-0.05, 0) is 36.8 Å². The topological polar surface area (TPSA) is 101 Å². The molecule has 156 valence electrons. The molecule has 0 bridgehead atoms. The van der Waals surface area contributed by atoms with Crippen molar-refractivity contribution < 1.29 is 23.5 Å². The Morgan fingerprint density at radius 3 is 2.42 bits per heavy atom. The Morgan fingerprint density at radius 2 is 1.71 bits per heavy atom. The molecule has 0 aliphatic rings. The predicted molar refractivity (Wildman–Crippen MR) is 112 cm³/mol. The molecule has 0 amide bonds. The molecule has 4 aromatic rings. The van der Waals surface area contributed by atoms with E-state index in [1.807, 2.05) is 13.0 Å². The fourth-order valence-corrected chi connectivity index (χ4v) is 3.36. The number of hydrogen-bond donors (Lipinski definition) is 0. The highest BCUT2D eigenvalue weighted by Crippen LogP contribution is 2.29. The Balaban J connectivity index is 2.09. The predicted octanol–water partition coefficient (Wildman–Crippen LogP) is 3.53. The lowest BCUT2D eigenvalue weighted by molar-refractivity contribution is 0.0549. The lowest BCUT2D eigenvalue weighted by Gasteiger charge is -2.08. The van der Waals surface area contributed by atoms with E-state index in [4.69, 9.17) is 13.9 Å². The molecule has 0 radical (unpaired) electrons. The normalized spacial score (nSPS) is 10.8. The smallest absolute Gasteiger partial charge is 0.357 e. The van der Waals surface area contributed by atoms with Crippen molar-refractivity contribution in [3.05, 3.63) is 81.8 Å². The summed E-state index contributed by atoms with van der Waals surface area (Å²) in [5, 5.41) is 5.09. The molecule has 0 saturated heterocycles. The SMILES string of the molecule is COC(=O)c1c(-c2cc3ccccc3oc2=O)nn(-c2cccc(C)c2)c1C(=O)OC. The summed E-state index contributed by atoms with van der Waals surface area (Å²) in [5.41, 5.74) is 0.776. The molecule has 4 rings (SSSR count). The van der Waals surface area contributed by atoms with Crippen molar-refractivity contribution >= 4 is 22.9 Å². The fraction of sp³-hybridized carbons (Fsp3) is 0.130. The van der Waals surface area contributed by atoms with E-state index in [0.717, 1.165) is 5.56 Å². The number of aromatic nitrogens is 2. The largest absolute Gasteiger partial charge is 0.465 e. The van der Waals surface area contributed by atoms with Gasteiger partial charge in [0, 0.05) is 5.39 Å². The van der Waals surface area contributed by atoms with Crippen LogP contribution in [0.2, 0.25) is 0 Å². The first-order valence-corrected chi connectivity index (χ1v) is 9.34. The third-order valence-electron chi connectivity index (χ3n) is 4.80. The summed E-state index contributed by atoms with van der Waals surface area (Å²) in [6.45, 7) is 1.88. The number of carbonyl (C=O) groups excluding carboxylic acids is 2. The summed E-state index contributed by atoms with van der Waals surface area (Å²) in [6, 6.07) is 15.7. The van der Waals surface area contributed by atoms with E-state index in [9.17, 15) is 14.4 Å². The van der Waals surface area contributed by atoms with E-state index in [1.165, 1.54) is 18.9 Å². The number of methoxy groups -OCH3 is 2. The lowest BCUT2D eigenvalue weighted by Crippen LogP contribution is -2.15. The Bertz CT molecular complexity index is 1380. The molecule has 31 heavy (non-hydrogen) atoms. The van der Waals surface area contributed by atoms with E-state index in [1.54, 1.807) is 48.5 Å². The first kappa shape index (κ1) is 20.1. The highest BCUT2D eigenvalue weighted by atomic mass is 16.5. The molecular formula is C23H18N2O6. The second-order valence-electron chi connectivity index (χ2n) is 6.79. The molecule has 8 heteroatoms. The lowest BCUT2D eigenvalue weighted by atomic mass is 10.1. The minimum absolute atomic E-state index is 0.0238. The van der Waals surface area contributed by atoms with Crippen molar-refractivity contribution in [1.82, 2.24) is 9.78 Å². The number of benzene rings is 2. The van der Waals surface area contributed by atoms with Crippen molar-refractivity contribution in [2.75, 3.05) is 14.2 Å². The molecule has 0 unspecified atom stereocenters. The fourth-order valence-electron chi connectivity index (χ4n) is 3.36. The second kappa shape index (κ2) is 7.91. The van der Waals surface area contributed by atoms with Crippen molar-refractivity contribution in [2.24, 2.45) is 0 Å². The van der Waals surface area contributed by atoms with Crippen LogP contribution in [0.3, 0.4) is 0 Å². The van der Waals surface area contributed by atoms with Crippen LogP contribution in [0.4, 0.5) is 0 Å². The third-order valence-corrected chi connectivity index (χ3v) is 4.80. The van der Waals surface area contributed by atoms with Gasteiger partial charge < -0.3 is 13.9 Å². The van der Waals surface area contributed by atoms with Gasteiger partial charge in [-0.25, -0.2) is 19.1 Å². The number of aryl methyl sites for hydroxylation is 1. The first-order chi connectivity index (χ1) is 14.9. The number of rotatable bonds is 4. The van der Waals surface area contributed by atoms with Crippen molar-refractivity contribution in [1.29, 1.82) is 0 Å². The van der Waals surface area contributed by atoms with Gasteiger partial charge in [0.15, 0.2) is 5.69 Å². The van der Waals surface area contributed by atoms with Gasteiger partial charge in [0.05, 0.1) is 25.5 Å². The molecule has 0 N–H and O–H groups in total. The summed E-state index contributed by atoms with van der Waals surface area (Å²) in [4.78, 5) is 38.2. The highest BCUT2D eigenvalue weighted by molar-refractivity contribution is 6.07. The number of fused-ring (bicyclic) bond motifs is 1. The molecule has 8 nitrogen and oxygen atoms in total.